The third-order valence-corrected chi connectivity index (χ3v) is 4.72. The predicted octanol–water partition coefficient (Wildman–Crippen LogP) is 4.17. The van der Waals surface area contributed by atoms with E-state index in [2.05, 4.69) is 42.0 Å². The fourth-order valence-electron chi connectivity index (χ4n) is 2.97. The summed E-state index contributed by atoms with van der Waals surface area (Å²) < 4.78 is 7.70. The Labute approximate surface area is 160 Å². The Morgan fingerprint density at radius 2 is 2.22 bits per heavy atom. The van der Waals surface area contributed by atoms with Crippen LogP contribution in [0.1, 0.15) is 33.0 Å². The third-order valence-electron chi connectivity index (χ3n) is 4.72. The van der Waals surface area contributed by atoms with Gasteiger partial charge in [0.25, 0.3) is 5.56 Å². The Morgan fingerprint density at radius 3 is 2.93 bits per heavy atom. The van der Waals surface area contributed by atoms with E-state index in [1.54, 1.807) is 23.0 Å². The summed E-state index contributed by atoms with van der Waals surface area (Å²) in [6.07, 6.45) is 11.2. The molecule has 0 unspecified atom stereocenters. The average Bonchev–Trinajstić information content (AvgIpc) is 3.38. The van der Waals surface area contributed by atoms with Crippen molar-refractivity contribution in [2.24, 2.45) is 11.8 Å². The van der Waals surface area contributed by atoms with Gasteiger partial charge in [0.15, 0.2) is 0 Å². The highest BCUT2D eigenvalue weighted by Crippen LogP contribution is 2.40. The predicted molar refractivity (Wildman–Crippen MR) is 108 cm³/mol. The summed E-state index contributed by atoms with van der Waals surface area (Å²) in [4.78, 5) is 20.9. The summed E-state index contributed by atoms with van der Waals surface area (Å²) in [5, 5.41) is 0. The van der Waals surface area contributed by atoms with Crippen molar-refractivity contribution < 1.29 is 4.74 Å². The lowest BCUT2D eigenvalue weighted by Gasteiger charge is -2.11. The Hall–Kier alpha value is -2.69. The highest BCUT2D eigenvalue weighted by molar-refractivity contribution is 5.67. The number of hydrogen-bond donors (Lipinski definition) is 0. The van der Waals surface area contributed by atoms with Gasteiger partial charge in [0.1, 0.15) is 5.82 Å². The molecule has 1 aliphatic carbocycles. The molecule has 27 heavy (non-hydrogen) atoms. The topological polar surface area (TPSA) is 57.0 Å². The van der Waals surface area contributed by atoms with Gasteiger partial charge in [0.2, 0.25) is 5.88 Å². The minimum atomic E-state index is -0.0341. The Morgan fingerprint density at radius 1 is 1.41 bits per heavy atom. The van der Waals surface area contributed by atoms with Crippen molar-refractivity contribution in [3.63, 3.8) is 0 Å². The summed E-state index contributed by atoms with van der Waals surface area (Å²) in [6, 6.07) is 3.53. The normalized spacial score (nSPS) is 18.5. The van der Waals surface area contributed by atoms with Crippen LogP contribution in [0.5, 0.6) is 5.88 Å². The second-order valence-electron chi connectivity index (χ2n) is 7.28. The fraction of sp³-hybridized carbons (Fsp3) is 0.409. The largest absolute Gasteiger partial charge is 0.477 e. The zero-order valence-electron chi connectivity index (χ0n) is 16.5. The molecular weight excluding hydrogens is 338 g/mol. The van der Waals surface area contributed by atoms with Crippen LogP contribution in [0.25, 0.3) is 11.1 Å². The molecule has 0 amide bonds. The molecule has 2 heterocycles. The van der Waals surface area contributed by atoms with Crippen molar-refractivity contribution in [2.45, 2.75) is 40.7 Å². The van der Waals surface area contributed by atoms with Crippen LogP contribution in [0.2, 0.25) is 0 Å². The number of rotatable bonds is 7. The smallest absolute Gasteiger partial charge is 0.251 e. The molecule has 142 valence electrons. The molecule has 0 bridgehead atoms. The van der Waals surface area contributed by atoms with Crippen LogP contribution in [-0.2, 0) is 6.54 Å². The van der Waals surface area contributed by atoms with Crippen LogP contribution >= 0.6 is 0 Å². The van der Waals surface area contributed by atoms with Gasteiger partial charge in [-0.25, -0.2) is 4.98 Å². The zero-order chi connectivity index (χ0) is 19.4. The molecule has 0 saturated heterocycles. The monoisotopic (exact) mass is 365 g/mol. The van der Waals surface area contributed by atoms with Crippen molar-refractivity contribution in [2.75, 3.05) is 6.61 Å². The quantitative estimate of drug-likeness (QED) is 0.691. The summed E-state index contributed by atoms with van der Waals surface area (Å²) >= 11 is 0. The molecular formula is C22H27N3O2. The van der Waals surface area contributed by atoms with E-state index in [-0.39, 0.29) is 5.56 Å². The number of pyridine rings is 1. The van der Waals surface area contributed by atoms with E-state index in [9.17, 15) is 4.79 Å². The SMILES string of the molecule is CCn1ccc(-c2cnc(C)nc2OC[C@H]2C[C@@H]2/C=C/C=C(C)C)cc1=O. The number of aromatic nitrogens is 3. The number of allylic oxidation sites excluding steroid dienone is 4. The summed E-state index contributed by atoms with van der Waals surface area (Å²) in [6.45, 7) is 9.25. The van der Waals surface area contributed by atoms with Gasteiger partial charge in [-0.2, -0.15) is 4.98 Å². The van der Waals surface area contributed by atoms with Crippen molar-refractivity contribution in [3.05, 3.63) is 64.5 Å². The first-order valence-corrected chi connectivity index (χ1v) is 9.47. The number of hydrogen-bond acceptors (Lipinski definition) is 4. The van der Waals surface area contributed by atoms with Crippen LogP contribution in [0.4, 0.5) is 0 Å². The number of aryl methyl sites for hydroxylation is 2. The summed E-state index contributed by atoms with van der Waals surface area (Å²) in [5.74, 6) is 2.30. The van der Waals surface area contributed by atoms with E-state index in [4.69, 9.17) is 4.74 Å². The maximum absolute atomic E-state index is 12.2. The molecule has 2 atom stereocenters. The van der Waals surface area contributed by atoms with E-state index in [0.717, 1.165) is 17.5 Å². The lowest BCUT2D eigenvalue weighted by Crippen LogP contribution is -2.17. The van der Waals surface area contributed by atoms with E-state index >= 15 is 0 Å². The molecule has 3 rings (SSSR count). The van der Waals surface area contributed by atoms with Crippen molar-refractivity contribution >= 4 is 0 Å². The number of nitrogens with zero attached hydrogens (tertiary/aromatic N) is 3. The molecule has 0 radical (unpaired) electrons. The van der Waals surface area contributed by atoms with Gasteiger partial charge in [-0.05, 0) is 57.6 Å². The van der Waals surface area contributed by atoms with Gasteiger partial charge in [-0.3, -0.25) is 4.79 Å². The standard InChI is InChI=1S/C22H27N3O2/c1-5-25-10-9-18(12-21(25)26)20-13-23-16(4)24-22(20)27-14-19-11-17(19)8-6-7-15(2)3/h6-10,12-13,17,19H,5,11,14H2,1-4H3/b8-6+/t17-,19+/m0/s1. The molecule has 2 aromatic heterocycles. The van der Waals surface area contributed by atoms with Gasteiger partial charge in [-0.1, -0.05) is 23.8 Å². The summed E-state index contributed by atoms with van der Waals surface area (Å²) in [5.41, 5.74) is 2.81. The fourth-order valence-corrected chi connectivity index (χ4v) is 2.97. The first-order chi connectivity index (χ1) is 13.0. The Kier molecular flexibility index (Phi) is 5.89. The first kappa shape index (κ1) is 19.1. The van der Waals surface area contributed by atoms with Crippen LogP contribution in [0.15, 0.2) is 53.1 Å². The van der Waals surface area contributed by atoms with Gasteiger partial charge in [0.05, 0.1) is 12.2 Å². The molecule has 1 fully saturated rings. The molecule has 5 heteroatoms. The van der Waals surface area contributed by atoms with Crippen LogP contribution in [-0.4, -0.2) is 21.1 Å². The average molecular weight is 365 g/mol. The molecule has 0 aliphatic heterocycles. The molecule has 5 nitrogen and oxygen atoms in total. The molecule has 0 aromatic carbocycles. The van der Waals surface area contributed by atoms with Crippen LogP contribution < -0.4 is 10.3 Å². The van der Waals surface area contributed by atoms with Gasteiger partial charge < -0.3 is 9.30 Å². The minimum Gasteiger partial charge on any atom is -0.477 e. The second kappa shape index (κ2) is 8.33. The van der Waals surface area contributed by atoms with E-state index in [1.165, 1.54) is 5.57 Å². The molecule has 0 N–H and O–H groups in total. The van der Waals surface area contributed by atoms with Crippen molar-refractivity contribution in [3.8, 4) is 17.0 Å². The third kappa shape index (κ3) is 4.94. The maximum atomic E-state index is 12.2. The van der Waals surface area contributed by atoms with Gasteiger partial charge >= 0.3 is 0 Å². The highest BCUT2D eigenvalue weighted by atomic mass is 16.5. The zero-order valence-corrected chi connectivity index (χ0v) is 16.5. The van der Waals surface area contributed by atoms with Gasteiger partial charge in [-0.15, -0.1) is 0 Å². The lowest BCUT2D eigenvalue weighted by atomic mass is 10.1. The highest BCUT2D eigenvalue weighted by Gasteiger charge is 2.35. The van der Waals surface area contributed by atoms with E-state index in [1.807, 2.05) is 19.9 Å². The Bertz CT molecular complexity index is 923. The molecule has 1 saturated carbocycles. The summed E-state index contributed by atoms with van der Waals surface area (Å²) in [7, 11) is 0. The van der Waals surface area contributed by atoms with Crippen LogP contribution in [0.3, 0.4) is 0 Å². The number of ether oxygens (including phenoxy) is 1. The lowest BCUT2D eigenvalue weighted by molar-refractivity contribution is 0.284. The second-order valence-corrected chi connectivity index (χ2v) is 7.28. The molecule has 1 aliphatic rings. The van der Waals surface area contributed by atoms with E-state index in [0.29, 0.717) is 36.7 Å². The maximum Gasteiger partial charge on any atom is 0.251 e. The Balaban J connectivity index is 1.72. The van der Waals surface area contributed by atoms with Gasteiger partial charge in [0, 0.05) is 25.0 Å². The van der Waals surface area contributed by atoms with E-state index < -0.39 is 0 Å². The first-order valence-electron chi connectivity index (χ1n) is 9.47. The minimum absolute atomic E-state index is 0.0341. The molecule has 2 aromatic rings. The van der Waals surface area contributed by atoms with Crippen molar-refractivity contribution in [1.29, 1.82) is 0 Å². The molecule has 0 spiro atoms. The van der Waals surface area contributed by atoms with Crippen LogP contribution in [0, 0.1) is 18.8 Å². The van der Waals surface area contributed by atoms with Crippen molar-refractivity contribution in [1.82, 2.24) is 14.5 Å².